The van der Waals surface area contributed by atoms with Crippen LogP contribution in [0, 0.1) is 20.8 Å². The van der Waals surface area contributed by atoms with Crippen LogP contribution < -0.4 is 5.73 Å². The molecule has 0 saturated carbocycles. The lowest BCUT2D eigenvalue weighted by Crippen LogP contribution is -2.27. The average Bonchev–Trinajstić information content (AvgIpc) is 3.04. The van der Waals surface area contributed by atoms with E-state index in [2.05, 4.69) is 18.8 Å². The minimum atomic E-state index is 0.0673. The molecule has 1 aliphatic heterocycles. The Bertz CT molecular complexity index is 699. The standard InChI is InChI=1S/C15H19N3OS/c1-8-9(2)11-12(16)13(20-14(11)17-10(8)3)15(19)18-6-4-5-7-18/h4-7,16H2,1-3H3. The number of pyridine rings is 1. The fourth-order valence-electron chi connectivity index (χ4n) is 2.79. The molecule has 1 amide bonds. The molecular formula is C15H19N3OS. The van der Waals surface area contributed by atoms with Gasteiger partial charge in [0.25, 0.3) is 5.91 Å². The second kappa shape index (κ2) is 4.74. The molecule has 0 spiro atoms. The Kier molecular flexibility index (Phi) is 3.17. The topological polar surface area (TPSA) is 59.2 Å². The Morgan fingerprint density at radius 3 is 2.50 bits per heavy atom. The Morgan fingerprint density at radius 2 is 1.85 bits per heavy atom. The van der Waals surface area contributed by atoms with Crippen molar-refractivity contribution in [3.63, 3.8) is 0 Å². The molecule has 1 saturated heterocycles. The summed E-state index contributed by atoms with van der Waals surface area (Å²) in [7, 11) is 0. The summed E-state index contributed by atoms with van der Waals surface area (Å²) in [5, 5.41) is 0.959. The molecule has 0 atom stereocenters. The number of amides is 1. The number of carbonyl (C=O) groups excluding carboxylic acids is 1. The highest BCUT2D eigenvalue weighted by molar-refractivity contribution is 7.21. The highest BCUT2D eigenvalue weighted by atomic mass is 32.1. The SMILES string of the molecule is Cc1nc2sc(C(=O)N3CCCC3)c(N)c2c(C)c1C. The lowest BCUT2D eigenvalue weighted by atomic mass is 10.1. The largest absolute Gasteiger partial charge is 0.397 e. The van der Waals surface area contributed by atoms with Crippen molar-refractivity contribution in [3.8, 4) is 0 Å². The van der Waals surface area contributed by atoms with Crippen molar-refractivity contribution in [1.29, 1.82) is 0 Å². The lowest BCUT2D eigenvalue weighted by Gasteiger charge is -2.14. The van der Waals surface area contributed by atoms with Crippen molar-refractivity contribution in [3.05, 3.63) is 21.7 Å². The fourth-order valence-corrected chi connectivity index (χ4v) is 3.96. The summed E-state index contributed by atoms with van der Waals surface area (Å²) in [6.45, 7) is 7.79. The number of thiophene rings is 1. The van der Waals surface area contributed by atoms with E-state index in [1.54, 1.807) is 0 Å². The maximum absolute atomic E-state index is 12.5. The molecule has 2 aromatic heterocycles. The van der Waals surface area contributed by atoms with E-state index in [0.717, 1.165) is 53.0 Å². The number of aromatic nitrogens is 1. The predicted molar refractivity (Wildman–Crippen MR) is 83.4 cm³/mol. The van der Waals surface area contributed by atoms with Crippen LogP contribution in [0.1, 0.15) is 39.3 Å². The van der Waals surface area contributed by atoms with Gasteiger partial charge in [-0.2, -0.15) is 0 Å². The van der Waals surface area contributed by atoms with Gasteiger partial charge in [-0.15, -0.1) is 11.3 Å². The average molecular weight is 289 g/mol. The van der Waals surface area contributed by atoms with Gasteiger partial charge in [0.15, 0.2) is 0 Å². The molecule has 0 unspecified atom stereocenters. The molecule has 1 aliphatic rings. The number of hydrogen-bond donors (Lipinski definition) is 1. The first-order valence-corrected chi connectivity index (χ1v) is 7.77. The minimum Gasteiger partial charge on any atom is -0.397 e. The number of fused-ring (bicyclic) bond motifs is 1. The maximum atomic E-state index is 12.5. The summed E-state index contributed by atoms with van der Waals surface area (Å²) in [6, 6.07) is 0. The lowest BCUT2D eigenvalue weighted by molar-refractivity contribution is 0.0798. The Morgan fingerprint density at radius 1 is 1.20 bits per heavy atom. The summed E-state index contributed by atoms with van der Waals surface area (Å²) in [4.78, 5) is 20.6. The van der Waals surface area contributed by atoms with Crippen LogP contribution in [0.5, 0.6) is 0 Å². The van der Waals surface area contributed by atoms with Gasteiger partial charge < -0.3 is 10.6 Å². The van der Waals surface area contributed by atoms with E-state index in [1.165, 1.54) is 11.3 Å². The van der Waals surface area contributed by atoms with E-state index in [-0.39, 0.29) is 5.91 Å². The molecular weight excluding hydrogens is 270 g/mol. The summed E-state index contributed by atoms with van der Waals surface area (Å²) < 4.78 is 0. The van der Waals surface area contributed by atoms with Crippen molar-refractivity contribution in [2.24, 2.45) is 0 Å². The smallest absolute Gasteiger partial charge is 0.266 e. The molecule has 106 valence electrons. The fraction of sp³-hybridized carbons (Fsp3) is 0.467. The van der Waals surface area contributed by atoms with Gasteiger partial charge in [0.05, 0.1) is 5.69 Å². The van der Waals surface area contributed by atoms with Crippen LogP contribution in [0.2, 0.25) is 0 Å². The molecule has 0 aromatic carbocycles. The first-order chi connectivity index (χ1) is 9.50. The molecule has 2 aromatic rings. The molecule has 3 heterocycles. The summed E-state index contributed by atoms with van der Waals surface area (Å²) in [6.07, 6.45) is 2.18. The second-order valence-electron chi connectivity index (χ2n) is 5.47. The third-order valence-corrected chi connectivity index (χ3v) is 5.35. The molecule has 20 heavy (non-hydrogen) atoms. The zero-order valence-electron chi connectivity index (χ0n) is 12.1. The minimum absolute atomic E-state index is 0.0673. The van der Waals surface area contributed by atoms with Crippen LogP contribution >= 0.6 is 11.3 Å². The van der Waals surface area contributed by atoms with Crippen molar-refractivity contribution in [2.75, 3.05) is 18.8 Å². The van der Waals surface area contributed by atoms with Crippen molar-refractivity contribution in [2.45, 2.75) is 33.6 Å². The Labute approximate surface area is 122 Å². The molecule has 4 nitrogen and oxygen atoms in total. The van der Waals surface area contributed by atoms with Gasteiger partial charge in [-0.25, -0.2) is 4.98 Å². The first kappa shape index (κ1) is 13.4. The van der Waals surface area contributed by atoms with E-state index < -0.39 is 0 Å². The molecule has 0 aliphatic carbocycles. The summed E-state index contributed by atoms with van der Waals surface area (Å²) >= 11 is 1.43. The van der Waals surface area contributed by atoms with Crippen LogP contribution in [0.3, 0.4) is 0 Å². The van der Waals surface area contributed by atoms with E-state index in [0.29, 0.717) is 10.6 Å². The monoisotopic (exact) mass is 289 g/mol. The zero-order valence-corrected chi connectivity index (χ0v) is 12.9. The van der Waals surface area contributed by atoms with Crippen LogP contribution in [0.25, 0.3) is 10.2 Å². The zero-order chi connectivity index (χ0) is 14.4. The molecule has 5 heteroatoms. The van der Waals surface area contributed by atoms with Gasteiger partial charge in [0.2, 0.25) is 0 Å². The van der Waals surface area contributed by atoms with Crippen LogP contribution in [0.15, 0.2) is 0 Å². The number of nitrogens with zero attached hydrogens (tertiary/aromatic N) is 2. The van der Waals surface area contributed by atoms with Gasteiger partial charge in [0.1, 0.15) is 9.71 Å². The number of nitrogens with two attached hydrogens (primary N) is 1. The summed E-state index contributed by atoms with van der Waals surface area (Å²) in [5.41, 5.74) is 10.2. The van der Waals surface area contributed by atoms with E-state index in [9.17, 15) is 4.79 Å². The third kappa shape index (κ3) is 1.88. The maximum Gasteiger partial charge on any atom is 0.266 e. The van der Waals surface area contributed by atoms with Gasteiger partial charge in [-0.3, -0.25) is 4.79 Å². The van der Waals surface area contributed by atoms with Gasteiger partial charge >= 0.3 is 0 Å². The molecule has 0 radical (unpaired) electrons. The highest BCUT2D eigenvalue weighted by Crippen LogP contribution is 2.37. The van der Waals surface area contributed by atoms with Crippen molar-refractivity contribution >= 4 is 33.1 Å². The number of likely N-dealkylation sites (tertiary alicyclic amines) is 1. The molecule has 0 bridgehead atoms. The highest BCUT2D eigenvalue weighted by Gasteiger charge is 2.25. The molecule has 1 fully saturated rings. The number of anilines is 1. The van der Waals surface area contributed by atoms with Crippen LogP contribution in [-0.4, -0.2) is 28.9 Å². The normalized spacial score (nSPS) is 15.2. The number of hydrogen-bond acceptors (Lipinski definition) is 4. The van der Waals surface area contributed by atoms with Gasteiger partial charge in [-0.05, 0) is 44.7 Å². The summed E-state index contributed by atoms with van der Waals surface area (Å²) in [5.74, 6) is 0.0673. The number of aryl methyl sites for hydroxylation is 2. The predicted octanol–water partition coefficient (Wildman–Crippen LogP) is 3.04. The van der Waals surface area contributed by atoms with E-state index >= 15 is 0 Å². The Balaban J connectivity index is 2.16. The van der Waals surface area contributed by atoms with Crippen molar-refractivity contribution < 1.29 is 4.79 Å². The van der Waals surface area contributed by atoms with Crippen LogP contribution in [0.4, 0.5) is 5.69 Å². The quantitative estimate of drug-likeness (QED) is 0.878. The number of nitrogen functional groups attached to an aromatic ring is 1. The second-order valence-corrected chi connectivity index (χ2v) is 6.47. The van der Waals surface area contributed by atoms with Gasteiger partial charge in [0, 0.05) is 24.2 Å². The van der Waals surface area contributed by atoms with Crippen molar-refractivity contribution in [1.82, 2.24) is 9.88 Å². The molecule has 2 N–H and O–H groups in total. The van der Waals surface area contributed by atoms with Gasteiger partial charge in [-0.1, -0.05) is 0 Å². The number of rotatable bonds is 1. The Hall–Kier alpha value is -1.62. The van der Waals surface area contributed by atoms with E-state index in [4.69, 9.17) is 5.73 Å². The number of carbonyl (C=O) groups is 1. The first-order valence-electron chi connectivity index (χ1n) is 6.95. The third-order valence-electron chi connectivity index (χ3n) is 4.26. The van der Waals surface area contributed by atoms with E-state index in [1.807, 2.05) is 11.8 Å². The molecule has 3 rings (SSSR count). The van der Waals surface area contributed by atoms with Crippen LogP contribution in [-0.2, 0) is 0 Å².